The number of alkyl halides is 2. The topological polar surface area (TPSA) is 55.4 Å². The van der Waals surface area contributed by atoms with E-state index >= 15 is 0 Å². The van der Waals surface area contributed by atoms with Crippen molar-refractivity contribution in [2.75, 3.05) is 6.61 Å². The molecule has 0 bridgehead atoms. The highest BCUT2D eigenvalue weighted by Gasteiger charge is 2.50. The summed E-state index contributed by atoms with van der Waals surface area (Å²) < 4.78 is 3.49. The van der Waals surface area contributed by atoms with Gasteiger partial charge in [-0.2, -0.15) is 0 Å². The zero-order chi connectivity index (χ0) is 15.5. The van der Waals surface area contributed by atoms with Crippen molar-refractivity contribution in [1.82, 2.24) is 5.32 Å². The molecule has 0 aromatic carbocycles. The van der Waals surface area contributed by atoms with Crippen molar-refractivity contribution < 1.29 is 14.3 Å². The highest BCUT2D eigenvalue weighted by Crippen LogP contribution is 2.48. The van der Waals surface area contributed by atoms with E-state index in [0.29, 0.717) is 5.03 Å². The minimum atomic E-state index is -1.45. The molecular weight excluding hydrogens is 345 g/mol. The van der Waals surface area contributed by atoms with Gasteiger partial charge in [0.15, 0.2) is 4.21 Å². The largest absolute Gasteiger partial charge is 0.464 e. The average Bonchev–Trinajstić information content (AvgIpc) is 2.64. The van der Waals surface area contributed by atoms with E-state index in [0.717, 1.165) is 11.8 Å². The van der Waals surface area contributed by atoms with Crippen LogP contribution in [-0.4, -0.2) is 34.1 Å². The maximum atomic E-state index is 12.3. The number of ether oxygens (including phenoxy) is 1. The Labute approximate surface area is 137 Å². The van der Waals surface area contributed by atoms with Crippen LogP contribution in [-0.2, 0) is 14.3 Å². The Morgan fingerprint density at radius 2 is 2.15 bits per heavy atom. The van der Waals surface area contributed by atoms with Gasteiger partial charge in [0.05, 0.1) is 6.61 Å². The molecule has 0 saturated heterocycles. The summed E-state index contributed by atoms with van der Waals surface area (Å²) in [6.45, 7) is 5.54. The van der Waals surface area contributed by atoms with Crippen LogP contribution in [0.5, 0.6) is 0 Å². The molecule has 2 unspecified atom stereocenters. The summed E-state index contributed by atoms with van der Waals surface area (Å²) in [6, 6.07) is -0.776. The molecular formula is C12H16Cl3NO3S. The first kappa shape index (κ1) is 18.0. The first-order chi connectivity index (χ1) is 9.24. The monoisotopic (exact) mass is 359 g/mol. The van der Waals surface area contributed by atoms with Crippen molar-refractivity contribution in [3.8, 4) is 0 Å². The van der Waals surface area contributed by atoms with E-state index in [9.17, 15) is 9.59 Å². The summed E-state index contributed by atoms with van der Waals surface area (Å²) in [5.41, 5.74) is 0. The standard InChI is InChI=1S/C12H16Cl3NO3S/c1-4-19-10(17)8(6(2)3)16-11(18)12(15)9(14)7(13)5-20-12/h5-6,8-9H,4H2,1-3H3,(H,16,18)/t8-,9?,12?/m0/s1. The van der Waals surface area contributed by atoms with E-state index in [4.69, 9.17) is 39.5 Å². The molecule has 1 heterocycles. The molecule has 0 aliphatic carbocycles. The van der Waals surface area contributed by atoms with Crippen molar-refractivity contribution in [2.24, 2.45) is 5.92 Å². The van der Waals surface area contributed by atoms with Crippen molar-refractivity contribution in [3.63, 3.8) is 0 Å². The number of nitrogens with one attached hydrogen (secondary N) is 1. The fourth-order valence-electron chi connectivity index (χ4n) is 1.58. The van der Waals surface area contributed by atoms with Crippen LogP contribution >= 0.6 is 46.6 Å². The minimum Gasteiger partial charge on any atom is -0.464 e. The molecule has 3 atom stereocenters. The molecule has 0 radical (unpaired) electrons. The lowest BCUT2D eigenvalue weighted by molar-refractivity contribution is -0.148. The quantitative estimate of drug-likeness (QED) is 0.605. The molecule has 20 heavy (non-hydrogen) atoms. The lowest BCUT2D eigenvalue weighted by Gasteiger charge is -2.27. The molecule has 1 rings (SSSR count). The number of hydrogen-bond donors (Lipinski definition) is 1. The number of thioether (sulfide) groups is 1. The molecule has 1 aliphatic heterocycles. The number of amides is 1. The second-order valence-electron chi connectivity index (χ2n) is 4.58. The van der Waals surface area contributed by atoms with Gasteiger partial charge >= 0.3 is 5.97 Å². The van der Waals surface area contributed by atoms with Crippen LogP contribution in [0.4, 0.5) is 0 Å². The Balaban J connectivity index is 2.80. The molecule has 0 aromatic heterocycles. The number of allylic oxidation sites excluding steroid dienone is 1. The van der Waals surface area contributed by atoms with Crippen LogP contribution in [0, 0.1) is 5.92 Å². The Kier molecular flexibility index (Phi) is 6.51. The number of hydrogen-bond acceptors (Lipinski definition) is 4. The third-order valence-corrected chi connectivity index (χ3v) is 5.88. The second-order valence-corrected chi connectivity index (χ2v) is 7.38. The summed E-state index contributed by atoms with van der Waals surface area (Å²) in [6.07, 6.45) is 0. The van der Waals surface area contributed by atoms with E-state index in [1.54, 1.807) is 20.8 Å². The fraction of sp³-hybridized carbons (Fsp3) is 0.667. The summed E-state index contributed by atoms with van der Waals surface area (Å²) >= 11 is 19.1. The molecule has 1 aliphatic rings. The number of esters is 1. The highest BCUT2D eigenvalue weighted by molar-refractivity contribution is 8.06. The van der Waals surface area contributed by atoms with Crippen molar-refractivity contribution in [3.05, 3.63) is 10.4 Å². The Bertz CT molecular complexity index is 430. The van der Waals surface area contributed by atoms with Gasteiger partial charge in [0.25, 0.3) is 5.91 Å². The van der Waals surface area contributed by atoms with Gasteiger partial charge in [0.2, 0.25) is 0 Å². The lowest BCUT2D eigenvalue weighted by atomic mass is 10.0. The Hall–Kier alpha value is -0.100. The molecule has 114 valence electrons. The molecule has 0 aromatic rings. The van der Waals surface area contributed by atoms with Crippen molar-refractivity contribution in [2.45, 2.75) is 36.4 Å². The maximum Gasteiger partial charge on any atom is 0.328 e. The van der Waals surface area contributed by atoms with Crippen LogP contribution in [0.25, 0.3) is 0 Å². The first-order valence-electron chi connectivity index (χ1n) is 6.08. The van der Waals surface area contributed by atoms with Gasteiger partial charge in [-0.05, 0) is 18.2 Å². The zero-order valence-electron chi connectivity index (χ0n) is 11.3. The number of carbonyl (C=O) groups is 2. The summed E-state index contributed by atoms with van der Waals surface area (Å²) in [5.74, 6) is -1.19. The SMILES string of the molecule is CCOC(=O)[C@@H](NC(=O)C1(Cl)SC=C(Cl)C1Cl)C(C)C. The lowest BCUT2D eigenvalue weighted by Crippen LogP contribution is -2.53. The second kappa shape index (κ2) is 7.25. The number of rotatable bonds is 5. The van der Waals surface area contributed by atoms with Gasteiger partial charge in [-0.3, -0.25) is 4.79 Å². The molecule has 8 heteroatoms. The average molecular weight is 361 g/mol. The normalized spacial score (nSPS) is 27.1. The van der Waals surface area contributed by atoms with Crippen LogP contribution in [0.1, 0.15) is 20.8 Å². The molecule has 1 N–H and O–H groups in total. The maximum absolute atomic E-state index is 12.3. The van der Waals surface area contributed by atoms with Crippen LogP contribution in [0.3, 0.4) is 0 Å². The summed E-state index contributed by atoms with van der Waals surface area (Å²) in [4.78, 5) is 24.1. The molecule has 0 saturated carbocycles. The smallest absolute Gasteiger partial charge is 0.328 e. The Morgan fingerprint density at radius 1 is 1.55 bits per heavy atom. The van der Waals surface area contributed by atoms with Gasteiger partial charge in [-0.1, -0.05) is 48.8 Å². The van der Waals surface area contributed by atoms with Gasteiger partial charge in [-0.25, -0.2) is 4.79 Å². The predicted octanol–water partition coefficient (Wildman–Crippen LogP) is 3.06. The minimum absolute atomic E-state index is 0.137. The fourth-order valence-corrected chi connectivity index (χ4v) is 3.52. The van der Waals surface area contributed by atoms with Crippen LogP contribution in [0.15, 0.2) is 10.4 Å². The van der Waals surface area contributed by atoms with E-state index in [2.05, 4.69) is 5.32 Å². The van der Waals surface area contributed by atoms with E-state index in [1.165, 1.54) is 5.41 Å². The predicted molar refractivity (Wildman–Crippen MR) is 83.2 cm³/mol. The van der Waals surface area contributed by atoms with Crippen LogP contribution in [0.2, 0.25) is 0 Å². The number of carbonyl (C=O) groups excluding carboxylic acids is 2. The van der Waals surface area contributed by atoms with Gasteiger partial charge in [0, 0.05) is 5.03 Å². The van der Waals surface area contributed by atoms with Gasteiger partial charge in [0.1, 0.15) is 11.4 Å². The Morgan fingerprint density at radius 3 is 2.55 bits per heavy atom. The van der Waals surface area contributed by atoms with Crippen LogP contribution < -0.4 is 5.32 Å². The summed E-state index contributed by atoms with van der Waals surface area (Å²) in [7, 11) is 0. The van der Waals surface area contributed by atoms with Gasteiger partial charge < -0.3 is 10.1 Å². The van der Waals surface area contributed by atoms with E-state index in [1.807, 2.05) is 0 Å². The first-order valence-corrected chi connectivity index (χ1v) is 8.15. The zero-order valence-corrected chi connectivity index (χ0v) is 14.4. The summed E-state index contributed by atoms with van der Waals surface area (Å²) in [5, 5.41) is 3.58. The third-order valence-electron chi connectivity index (χ3n) is 2.71. The highest BCUT2D eigenvalue weighted by atomic mass is 35.5. The van der Waals surface area contributed by atoms with Crippen molar-refractivity contribution in [1.29, 1.82) is 0 Å². The van der Waals surface area contributed by atoms with E-state index in [-0.39, 0.29) is 12.5 Å². The molecule has 0 spiro atoms. The van der Waals surface area contributed by atoms with Crippen molar-refractivity contribution >= 4 is 58.4 Å². The number of halogens is 3. The third kappa shape index (κ3) is 3.75. The molecule has 4 nitrogen and oxygen atoms in total. The molecule has 0 fully saturated rings. The van der Waals surface area contributed by atoms with Gasteiger partial charge in [-0.15, -0.1) is 11.6 Å². The molecule has 1 amide bonds. The van der Waals surface area contributed by atoms with E-state index < -0.39 is 27.5 Å².